The SMILES string of the molecule is OCCCN1C(=S)N[C@H](c2ccccn2)[C@@H]1c1cccn1-c1cccnc1. The van der Waals surface area contributed by atoms with Gasteiger partial charge in [-0.15, -0.1) is 0 Å². The molecular weight excluding hydrogens is 358 g/mol. The van der Waals surface area contributed by atoms with Crippen molar-refractivity contribution in [1.29, 1.82) is 0 Å². The molecule has 7 heteroatoms. The molecule has 4 rings (SSSR count). The molecule has 1 aliphatic rings. The molecule has 27 heavy (non-hydrogen) atoms. The molecule has 4 heterocycles. The number of rotatable bonds is 6. The molecule has 6 nitrogen and oxygen atoms in total. The minimum Gasteiger partial charge on any atom is -0.396 e. The minimum atomic E-state index is -0.0669. The number of aliphatic hydroxyl groups excluding tert-OH is 1. The average molecular weight is 379 g/mol. The Morgan fingerprint density at radius 3 is 2.78 bits per heavy atom. The second kappa shape index (κ2) is 7.85. The molecule has 1 fully saturated rings. The summed E-state index contributed by atoms with van der Waals surface area (Å²) in [6, 6.07) is 13.9. The predicted octanol–water partition coefficient (Wildman–Crippen LogP) is 2.62. The molecule has 1 saturated heterocycles. The van der Waals surface area contributed by atoms with Crippen LogP contribution in [0.25, 0.3) is 5.69 Å². The zero-order chi connectivity index (χ0) is 18.6. The van der Waals surface area contributed by atoms with Crippen molar-refractivity contribution in [2.45, 2.75) is 18.5 Å². The first-order valence-electron chi connectivity index (χ1n) is 8.96. The van der Waals surface area contributed by atoms with Gasteiger partial charge in [-0.2, -0.15) is 0 Å². The van der Waals surface area contributed by atoms with Gasteiger partial charge in [0.25, 0.3) is 0 Å². The number of thiocarbonyl (C=S) groups is 1. The summed E-state index contributed by atoms with van der Waals surface area (Å²) in [7, 11) is 0. The molecule has 2 atom stereocenters. The largest absolute Gasteiger partial charge is 0.396 e. The number of hydrogen-bond donors (Lipinski definition) is 2. The van der Waals surface area contributed by atoms with Gasteiger partial charge in [0.1, 0.15) is 0 Å². The number of aromatic nitrogens is 3. The van der Waals surface area contributed by atoms with Gasteiger partial charge in [0.05, 0.1) is 29.7 Å². The smallest absolute Gasteiger partial charge is 0.170 e. The lowest BCUT2D eigenvalue weighted by atomic mass is 10.0. The van der Waals surface area contributed by atoms with Crippen molar-refractivity contribution in [3.63, 3.8) is 0 Å². The summed E-state index contributed by atoms with van der Waals surface area (Å²) < 4.78 is 2.13. The van der Waals surface area contributed by atoms with Crippen LogP contribution in [0, 0.1) is 0 Å². The molecule has 0 bridgehead atoms. The van der Waals surface area contributed by atoms with Crippen LogP contribution in [-0.2, 0) is 0 Å². The van der Waals surface area contributed by atoms with Gasteiger partial charge in [-0.1, -0.05) is 6.07 Å². The van der Waals surface area contributed by atoms with Crippen LogP contribution in [0.1, 0.15) is 29.9 Å². The maximum Gasteiger partial charge on any atom is 0.170 e. The summed E-state index contributed by atoms with van der Waals surface area (Å²) in [5.74, 6) is 0. The molecule has 2 N–H and O–H groups in total. The maximum absolute atomic E-state index is 9.33. The van der Waals surface area contributed by atoms with Crippen LogP contribution >= 0.6 is 12.2 Å². The number of hydrogen-bond acceptors (Lipinski definition) is 4. The zero-order valence-electron chi connectivity index (χ0n) is 14.8. The van der Waals surface area contributed by atoms with Crippen molar-refractivity contribution in [3.05, 3.63) is 78.6 Å². The highest BCUT2D eigenvalue weighted by molar-refractivity contribution is 7.80. The summed E-state index contributed by atoms with van der Waals surface area (Å²) in [5.41, 5.74) is 3.04. The number of aliphatic hydroxyl groups is 1. The number of nitrogens with one attached hydrogen (secondary N) is 1. The fraction of sp³-hybridized carbons (Fsp3) is 0.250. The Morgan fingerprint density at radius 1 is 1.11 bits per heavy atom. The lowest BCUT2D eigenvalue weighted by Crippen LogP contribution is -2.31. The third kappa shape index (κ3) is 3.43. The van der Waals surface area contributed by atoms with E-state index in [1.165, 1.54) is 0 Å². The molecule has 0 saturated carbocycles. The Balaban J connectivity index is 1.78. The van der Waals surface area contributed by atoms with Gasteiger partial charge in [0.15, 0.2) is 5.11 Å². The normalized spacial score (nSPS) is 19.3. The first-order chi connectivity index (χ1) is 13.3. The standard InChI is InChI=1S/C20H21N5OS/c26-13-5-12-25-19(18(23-20(25)27)16-7-1-2-10-22-16)17-8-4-11-24(17)15-6-3-9-21-14-15/h1-4,6-11,14,18-19,26H,5,12-13H2,(H,23,27)/t18-,19+/m1/s1. The third-order valence-corrected chi connectivity index (χ3v) is 5.11. The highest BCUT2D eigenvalue weighted by Gasteiger charge is 2.40. The van der Waals surface area contributed by atoms with E-state index in [2.05, 4.69) is 30.8 Å². The van der Waals surface area contributed by atoms with Crippen molar-refractivity contribution >= 4 is 17.3 Å². The number of pyridine rings is 2. The molecule has 0 radical (unpaired) electrons. The third-order valence-electron chi connectivity index (χ3n) is 4.76. The van der Waals surface area contributed by atoms with Gasteiger partial charge in [-0.3, -0.25) is 9.97 Å². The van der Waals surface area contributed by atoms with E-state index in [1.807, 2.05) is 48.8 Å². The molecule has 0 aliphatic carbocycles. The van der Waals surface area contributed by atoms with Crippen LogP contribution < -0.4 is 5.32 Å². The van der Waals surface area contributed by atoms with E-state index in [9.17, 15) is 5.11 Å². The molecule has 0 spiro atoms. The van der Waals surface area contributed by atoms with Crippen LogP contribution in [0.5, 0.6) is 0 Å². The van der Waals surface area contributed by atoms with Crippen LogP contribution in [0.4, 0.5) is 0 Å². The molecule has 3 aromatic heterocycles. The van der Waals surface area contributed by atoms with Crippen molar-refractivity contribution in [3.8, 4) is 5.69 Å². The highest BCUT2D eigenvalue weighted by atomic mass is 32.1. The molecule has 0 unspecified atom stereocenters. The second-order valence-corrected chi connectivity index (χ2v) is 6.80. The summed E-state index contributed by atoms with van der Waals surface area (Å²) in [6.45, 7) is 0.804. The van der Waals surface area contributed by atoms with E-state index in [0.717, 1.165) is 17.1 Å². The minimum absolute atomic E-state index is 0.0332. The molecule has 3 aromatic rings. The second-order valence-electron chi connectivity index (χ2n) is 6.41. The van der Waals surface area contributed by atoms with Crippen molar-refractivity contribution in [1.82, 2.24) is 24.8 Å². The molecule has 0 amide bonds. The predicted molar refractivity (Wildman–Crippen MR) is 107 cm³/mol. The quantitative estimate of drug-likeness (QED) is 0.642. The van der Waals surface area contributed by atoms with Crippen LogP contribution in [0.2, 0.25) is 0 Å². The summed E-state index contributed by atoms with van der Waals surface area (Å²) in [6.07, 6.45) is 8.10. The Kier molecular flexibility index (Phi) is 5.13. The van der Waals surface area contributed by atoms with Crippen LogP contribution in [-0.4, -0.2) is 42.8 Å². The van der Waals surface area contributed by atoms with Gasteiger partial charge in [0, 0.05) is 37.4 Å². The Hall–Kier alpha value is -2.77. The zero-order valence-corrected chi connectivity index (χ0v) is 15.6. The monoisotopic (exact) mass is 379 g/mol. The fourth-order valence-corrected chi connectivity index (χ4v) is 3.91. The summed E-state index contributed by atoms with van der Waals surface area (Å²) in [4.78, 5) is 10.9. The van der Waals surface area contributed by atoms with E-state index >= 15 is 0 Å². The van der Waals surface area contributed by atoms with Crippen molar-refractivity contribution in [2.75, 3.05) is 13.2 Å². The van der Waals surface area contributed by atoms with Crippen molar-refractivity contribution in [2.24, 2.45) is 0 Å². The molecule has 0 aromatic carbocycles. The first-order valence-corrected chi connectivity index (χ1v) is 9.37. The van der Waals surface area contributed by atoms with Gasteiger partial charge < -0.3 is 19.9 Å². The molecular formula is C20H21N5OS. The lowest BCUT2D eigenvalue weighted by molar-refractivity contribution is 0.245. The Morgan fingerprint density at radius 2 is 2.04 bits per heavy atom. The first kappa shape index (κ1) is 17.6. The number of nitrogens with zero attached hydrogens (tertiary/aromatic N) is 4. The topological polar surface area (TPSA) is 66.2 Å². The molecule has 138 valence electrons. The lowest BCUT2D eigenvalue weighted by Gasteiger charge is -2.28. The van der Waals surface area contributed by atoms with Crippen LogP contribution in [0.3, 0.4) is 0 Å². The van der Waals surface area contributed by atoms with Gasteiger partial charge >= 0.3 is 0 Å². The fourth-order valence-electron chi connectivity index (χ4n) is 3.58. The van der Waals surface area contributed by atoms with Crippen molar-refractivity contribution < 1.29 is 5.11 Å². The maximum atomic E-state index is 9.33. The van der Waals surface area contributed by atoms with E-state index in [-0.39, 0.29) is 18.7 Å². The Bertz CT molecular complexity index is 899. The average Bonchev–Trinajstić information content (AvgIpc) is 3.32. The van der Waals surface area contributed by atoms with Gasteiger partial charge in [0.2, 0.25) is 0 Å². The highest BCUT2D eigenvalue weighted by Crippen LogP contribution is 2.39. The van der Waals surface area contributed by atoms with Gasteiger partial charge in [-0.05, 0) is 55.0 Å². The van der Waals surface area contributed by atoms with E-state index in [0.29, 0.717) is 18.1 Å². The summed E-state index contributed by atoms with van der Waals surface area (Å²) in [5, 5.41) is 13.4. The van der Waals surface area contributed by atoms with Gasteiger partial charge in [-0.25, -0.2) is 0 Å². The van der Waals surface area contributed by atoms with E-state index < -0.39 is 0 Å². The summed E-state index contributed by atoms with van der Waals surface area (Å²) >= 11 is 5.63. The Labute approximate surface area is 163 Å². The van der Waals surface area contributed by atoms with E-state index in [4.69, 9.17) is 12.2 Å². The van der Waals surface area contributed by atoms with E-state index in [1.54, 1.807) is 12.4 Å². The van der Waals surface area contributed by atoms with Crippen LogP contribution in [0.15, 0.2) is 67.3 Å². The molecule has 1 aliphatic heterocycles.